The molecule has 5 nitrogen and oxygen atoms in total. The minimum Gasteiger partial charge on any atom is -0.478 e. The van der Waals surface area contributed by atoms with E-state index in [1.807, 2.05) is 36.4 Å². The Kier molecular flexibility index (Phi) is 9.55. The van der Waals surface area contributed by atoms with Gasteiger partial charge in [-0.3, -0.25) is 9.59 Å². The fourth-order valence-electron chi connectivity index (χ4n) is 14.1. The predicted molar refractivity (Wildman–Crippen MR) is 215 cm³/mol. The molecule has 0 aliphatic heterocycles. The van der Waals surface area contributed by atoms with Crippen LogP contribution >= 0.6 is 0 Å². The number of hydrogen-bond acceptors (Lipinski definition) is 4. The molecule has 2 aromatic carbocycles. The van der Waals surface area contributed by atoms with Crippen molar-refractivity contribution < 1.29 is 19.5 Å². The van der Waals surface area contributed by atoms with Gasteiger partial charge in [-0.1, -0.05) is 65.0 Å². The van der Waals surface area contributed by atoms with Crippen molar-refractivity contribution in [1.82, 2.24) is 0 Å². The van der Waals surface area contributed by atoms with Gasteiger partial charge in [0, 0.05) is 29.6 Å². The number of hydrogen-bond donors (Lipinski definition) is 2. The van der Waals surface area contributed by atoms with Crippen LogP contribution in [0.5, 0.6) is 0 Å². The van der Waals surface area contributed by atoms with Crippen LogP contribution in [0.1, 0.15) is 145 Å². The molecule has 5 heteroatoms. The van der Waals surface area contributed by atoms with Crippen molar-refractivity contribution in [3.8, 4) is 0 Å². The van der Waals surface area contributed by atoms with Crippen molar-refractivity contribution in [2.75, 3.05) is 11.9 Å². The van der Waals surface area contributed by atoms with Crippen molar-refractivity contribution in [3.63, 3.8) is 0 Å². The van der Waals surface area contributed by atoms with Gasteiger partial charge in [-0.15, -0.1) is 0 Å². The third-order valence-corrected chi connectivity index (χ3v) is 16.8. The molecule has 0 spiro atoms. The number of carbonyl (C=O) groups excluding carboxylic acids is 2. The monoisotopic (exact) mass is 717 g/mol. The SMILES string of the molecule is C=C(C)[C@@H]1CC[C@]2(C(=O)CCCNc3ccc(C(C)=O)cc3)CC[C@]3(C)[C@H](CC[C@@H]4[C@@]5(C)CC=C(c6ccc(C(=O)O)cc6)C(C)(C)[C@@H]5CC[C@]43C)[C@@H]12. The third-order valence-electron chi connectivity index (χ3n) is 16.8. The van der Waals surface area contributed by atoms with Gasteiger partial charge in [-0.2, -0.15) is 0 Å². The summed E-state index contributed by atoms with van der Waals surface area (Å²) in [7, 11) is 0. The largest absolute Gasteiger partial charge is 0.478 e. The van der Waals surface area contributed by atoms with E-state index in [4.69, 9.17) is 0 Å². The second-order valence-corrected chi connectivity index (χ2v) is 19.4. The van der Waals surface area contributed by atoms with Gasteiger partial charge in [0.2, 0.25) is 0 Å². The van der Waals surface area contributed by atoms with Gasteiger partial charge in [0.1, 0.15) is 5.78 Å². The Bertz CT molecular complexity index is 1820. The molecule has 9 atom stereocenters. The van der Waals surface area contributed by atoms with Gasteiger partial charge in [-0.25, -0.2) is 4.79 Å². The number of allylic oxidation sites excluding steroid dienone is 3. The van der Waals surface area contributed by atoms with Gasteiger partial charge >= 0.3 is 5.97 Å². The number of carboxylic acids is 1. The molecular formula is C48H63NO4. The number of fused-ring (bicyclic) bond motifs is 7. The van der Waals surface area contributed by atoms with Crippen LogP contribution in [-0.4, -0.2) is 29.2 Å². The van der Waals surface area contributed by atoms with E-state index in [0.717, 1.165) is 56.3 Å². The Balaban J connectivity index is 1.12. The second-order valence-electron chi connectivity index (χ2n) is 19.4. The molecule has 0 amide bonds. The molecule has 0 radical (unpaired) electrons. The van der Waals surface area contributed by atoms with Crippen LogP contribution in [0.2, 0.25) is 0 Å². The van der Waals surface area contributed by atoms with Crippen molar-refractivity contribution in [3.05, 3.63) is 83.4 Å². The zero-order chi connectivity index (χ0) is 38.1. The van der Waals surface area contributed by atoms with Crippen molar-refractivity contribution >= 4 is 28.8 Å². The number of ketones is 2. The molecule has 0 unspecified atom stereocenters. The quantitative estimate of drug-likeness (QED) is 0.145. The standard InChI is InChI=1S/C48H63NO4/c1-30(2)36-21-26-48(41(51)10-9-29-49-35-17-15-32(16-18-35)31(3)50)28-27-46(7)38(42(36)48)19-20-40-45(6)24-22-37(33-11-13-34(14-12-33)43(52)53)44(4,5)39(45)23-25-47(40,46)8/h11-18,22,36,38-40,42,49H,1,9-10,19-21,23-29H2,2-8H3,(H,52,53)/t36-,38+,39-,40+,42+,45-,46+,47+,48+/m0/s1. The molecule has 2 aromatic rings. The van der Waals surface area contributed by atoms with E-state index in [2.05, 4.69) is 59.5 Å². The minimum absolute atomic E-state index is 0.0195. The summed E-state index contributed by atoms with van der Waals surface area (Å²) >= 11 is 0. The first-order chi connectivity index (χ1) is 25.0. The molecule has 5 aliphatic carbocycles. The smallest absolute Gasteiger partial charge is 0.335 e. The van der Waals surface area contributed by atoms with Gasteiger partial charge < -0.3 is 10.4 Å². The van der Waals surface area contributed by atoms with Gasteiger partial charge in [-0.05, 0) is 177 Å². The fourth-order valence-corrected chi connectivity index (χ4v) is 14.1. The van der Waals surface area contributed by atoms with E-state index < -0.39 is 5.97 Å². The number of anilines is 1. The average Bonchev–Trinajstić information content (AvgIpc) is 3.52. The van der Waals surface area contributed by atoms with E-state index in [9.17, 15) is 19.5 Å². The zero-order valence-corrected chi connectivity index (χ0v) is 33.4. The van der Waals surface area contributed by atoms with Crippen molar-refractivity contribution in [2.24, 2.45) is 56.7 Å². The average molecular weight is 718 g/mol. The molecule has 284 valence electrons. The van der Waals surface area contributed by atoms with E-state index >= 15 is 0 Å². The maximum atomic E-state index is 14.6. The Hall–Kier alpha value is -3.47. The molecular weight excluding hydrogens is 655 g/mol. The number of Topliss-reactive ketones (excluding diaryl/α,β-unsaturated/α-hetero) is 2. The first kappa shape index (κ1) is 37.8. The molecule has 2 N–H and O–H groups in total. The second kappa shape index (κ2) is 13.4. The summed E-state index contributed by atoms with van der Waals surface area (Å²) in [5.74, 6) is 2.17. The molecule has 0 aromatic heterocycles. The van der Waals surface area contributed by atoms with E-state index in [1.165, 1.54) is 36.8 Å². The topological polar surface area (TPSA) is 83.5 Å². The number of carbonyl (C=O) groups is 3. The molecule has 0 bridgehead atoms. The number of nitrogens with one attached hydrogen (secondary N) is 1. The van der Waals surface area contributed by atoms with Gasteiger partial charge in [0.15, 0.2) is 5.78 Å². The van der Waals surface area contributed by atoms with Crippen LogP contribution < -0.4 is 5.32 Å². The van der Waals surface area contributed by atoms with Crippen LogP contribution in [0.3, 0.4) is 0 Å². The van der Waals surface area contributed by atoms with Crippen LogP contribution in [0, 0.1) is 56.7 Å². The zero-order valence-electron chi connectivity index (χ0n) is 33.4. The highest BCUT2D eigenvalue weighted by Gasteiger charge is 2.71. The fraction of sp³-hybridized carbons (Fsp3) is 0.604. The van der Waals surface area contributed by atoms with Gasteiger partial charge in [0.05, 0.1) is 5.56 Å². The molecule has 7 rings (SSSR count). The normalized spacial score (nSPS) is 36.9. The van der Waals surface area contributed by atoms with Crippen molar-refractivity contribution in [2.45, 2.75) is 119 Å². The molecule has 0 heterocycles. The molecule has 4 fully saturated rings. The molecule has 4 saturated carbocycles. The first-order valence-electron chi connectivity index (χ1n) is 20.6. The number of benzene rings is 2. The van der Waals surface area contributed by atoms with Crippen LogP contribution in [0.15, 0.2) is 66.8 Å². The summed E-state index contributed by atoms with van der Waals surface area (Å²) in [5, 5.41) is 13.0. The lowest BCUT2D eigenvalue weighted by atomic mass is 9.32. The van der Waals surface area contributed by atoms with Crippen LogP contribution in [0.4, 0.5) is 5.69 Å². The minimum atomic E-state index is -0.879. The molecule has 5 aliphatic rings. The third kappa shape index (κ3) is 5.81. The summed E-state index contributed by atoms with van der Waals surface area (Å²) in [4.78, 5) is 37.9. The highest BCUT2D eigenvalue weighted by atomic mass is 16.4. The highest BCUT2D eigenvalue weighted by molar-refractivity contribution is 5.94. The summed E-state index contributed by atoms with van der Waals surface area (Å²) in [6.45, 7) is 21.9. The van der Waals surface area contributed by atoms with Crippen LogP contribution in [-0.2, 0) is 4.79 Å². The maximum Gasteiger partial charge on any atom is 0.335 e. The van der Waals surface area contributed by atoms with Crippen molar-refractivity contribution in [1.29, 1.82) is 0 Å². The first-order valence-corrected chi connectivity index (χ1v) is 20.6. The maximum absolute atomic E-state index is 14.6. The van der Waals surface area contributed by atoms with E-state index in [1.54, 1.807) is 19.1 Å². The van der Waals surface area contributed by atoms with Gasteiger partial charge in [0.25, 0.3) is 0 Å². The summed E-state index contributed by atoms with van der Waals surface area (Å²) in [6, 6.07) is 15.2. The predicted octanol–water partition coefficient (Wildman–Crippen LogP) is 11.7. The van der Waals surface area contributed by atoms with E-state index in [-0.39, 0.29) is 32.9 Å². The number of aromatic carboxylic acids is 1. The Labute approximate surface area is 318 Å². The summed E-state index contributed by atoms with van der Waals surface area (Å²) in [5.41, 5.74) is 6.15. The number of carboxylic acid groups (broad SMARTS) is 1. The Morgan fingerprint density at radius 1 is 0.792 bits per heavy atom. The van der Waals surface area contributed by atoms with Crippen LogP contribution in [0.25, 0.3) is 5.57 Å². The Morgan fingerprint density at radius 3 is 2.11 bits per heavy atom. The summed E-state index contributed by atoms with van der Waals surface area (Å²) < 4.78 is 0. The lowest BCUT2D eigenvalue weighted by Crippen LogP contribution is -2.65. The molecule has 53 heavy (non-hydrogen) atoms. The molecule has 0 saturated heterocycles. The number of rotatable bonds is 10. The lowest BCUT2D eigenvalue weighted by Gasteiger charge is -2.72. The lowest BCUT2D eigenvalue weighted by molar-refractivity contribution is -0.224. The highest BCUT2D eigenvalue weighted by Crippen LogP contribution is 2.78. The Morgan fingerprint density at radius 2 is 1.47 bits per heavy atom. The summed E-state index contributed by atoms with van der Waals surface area (Å²) in [6.07, 6.45) is 14.1. The van der Waals surface area contributed by atoms with E-state index in [0.29, 0.717) is 52.9 Å².